The molecule has 0 aromatic heterocycles. The number of hydrogen-bond acceptors (Lipinski definition) is 3. The molecule has 1 rings (SSSR count). The Morgan fingerprint density at radius 3 is 2.62 bits per heavy atom. The monoisotopic (exact) mass is 220 g/mol. The minimum absolute atomic E-state index is 0.148. The molecule has 0 N–H and O–H groups in total. The Kier molecular flexibility index (Phi) is 5.12. The van der Waals surface area contributed by atoms with Gasteiger partial charge >= 0.3 is 6.16 Å². The highest BCUT2D eigenvalue weighted by molar-refractivity contribution is 5.60. The maximum absolute atomic E-state index is 11.0. The van der Waals surface area contributed by atoms with Crippen LogP contribution in [0.4, 0.5) is 4.79 Å². The molecule has 0 aliphatic heterocycles. The Balaban J connectivity index is 2.25. The fourth-order valence-corrected chi connectivity index (χ4v) is 1.09. The van der Waals surface area contributed by atoms with Crippen molar-refractivity contribution < 1.29 is 14.3 Å². The van der Waals surface area contributed by atoms with E-state index < -0.39 is 6.16 Å². The summed E-state index contributed by atoms with van der Waals surface area (Å²) in [7, 11) is 0. The Labute approximate surface area is 95.7 Å². The van der Waals surface area contributed by atoms with E-state index in [1.54, 1.807) is 19.9 Å². The van der Waals surface area contributed by atoms with Gasteiger partial charge in [0.25, 0.3) is 0 Å². The van der Waals surface area contributed by atoms with Gasteiger partial charge < -0.3 is 9.47 Å². The zero-order valence-corrected chi connectivity index (χ0v) is 9.55. The third-order valence-corrected chi connectivity index (χ3v) is 1.74. The van der Waals surface area contributed by atoms with Crippen molar-refractivity contribution >= 4 is 12.2 Å². The zero-order valence-electron chi connectivity index (χ0n) is 9.55. The van der Waals surface area contributed by atoms with E-state index in [-0.39, 0.29) is 12.7 Å². The van der Waals surface area contributed by atoms with Crippen molar-refractivity contribution in [2.45, 2.75) is 20.0 Å². The quantitative estimate of drug-likeness (QED) is 0.730. The van der Waals surface area contributed by atoms with Crippen LogP contribution in [0, 0.1) is 0 Å². The summed E-state index contributed by atoms with van der Waals surface area (Å²) >= 11 is 0. The van der Waals surface area contributed by atoms with Crippen LogP contribution in [0.15, 0.2) is 36.4 Å². The summed E-state index contributed by atoms with van der Waals surface area (Å²) in [5.74, 6) is 0. The maximum Gasteiger partial charge on any atom is 0.508 e. The van der Waals surface area contributed by atoms with E-state index in [0.717, 1.165) is 5.56 Å². The van der Waals surface area contributed by atoms with Crippen LogP contribution in [0.5, 0.6) is 0 Å². The van der Waals surface area contributed by atoms with E-state index >= 15 is 0 Å². The molecule has 1 aromatic carbocycles. The number of hydrogen-bond donors (Lipinski definition) is 0. The van der Waals surface area contributed by atoms with Gasteiger partial charge in [-0.25, -0.2) is 4.79 Å². The van der Waals surface area contributed by atoms with Crippen molar-refractivity contribution in [1.82, 2.24) is 0 Å². The van der Waals surface area contributed by atoms with E-state index in [1.165, 1.54) is 0 Å². The van der Waals surface area contributed by atoms with Crippen molar-refractivity contribution in [2.75, 3.05) is 6.61 Å². The van der Waals surface area contributed by atoms with E-state index in [4.69, 9.17) is 9.47 Å². The van der Waals surface area contributed by atoms with Crippen molar-refractivity contribution in [2.24, 2.45) is 0 Å². The molecule has 0 heterocycles. The van der Waals surface area contributed by atoms with Gasteiger partial charge in [0.05, 0.1) is 6.10 Å². The molecular weight excluding hydrogens is 204 g/mol. The van der Waals surface area contributed by atoms with Crippen LogP contribution in [0.1, 0.15) is 19.4 Å². The lowest BCUT2D eigenvalue weighted by Crippen LogP contribution is -2.12. The van der Waals surface area contributed by atoms with Crippen LogP contribution >= 0.6 is 0 Å². The summed E-state index contributed by atoms with van der Waals surface area (Å²) in [6, 6.07) is 9.81. The van der Waals surface area contributed by atoms with Crippen LogP contribution in [-0.4, -0.2) is 18.9 Å². The Morgan fingerprint density at radius 2 is 2.00 bits per heavy atom. The molecule has 0 aliphatic rings. The lowest BCUT2D eigenvalue weighted by atomic mass is 10.2. The van der Waals surface area contributed by atoms with Gasteiger partial charge in [-0.1, -0.05) is 36.4 Å². The van der Waals surface area contributed by atoms with Crippen LogP contribution < -0.4 is 0 Å². The van der Waals surface area contributed by atoms with Crippen LogP contribution in [-0.2, 0) is 9.47 Å². The van der Waals surface area contributed by atoms with Crippen LogP contribution in [0.25, 0.3) is 6.08 Å². The summed E-state index contributed by atoms with van der Waals surface area (Å²) in [6.45, 7) is 3.78. The minimum atomic E-state index is -0.632. The summed E-state index contributed by atoms with van der Waals surface area (Å²) < 4.78 is 9.63. The van der Waals surface area contributed by atoms with Crippen molar-refractivity contribution in [3.8, 4) is 0 Å². The van der Waals surface area contributed by atoms with E-state index in [2.05, 4.69) is 0 Å². The molecular formula is C13H16O3. The fourth-order valence-electron chi connectivity index (χ4n) is 1.09. The number of carbonyl (C=O) groups excluding carboxylic acids is 1. The second kappa shape index (κ2) is 6.67. The highest BCUT2D eigenvalue weighted by Gasteiger charge is 2.03. The number of benzene rings is 1. The van der Waals surface area contributed by atoms with Crippen molar-refractivity contribution in [3.63, 3.8) is 0 Å². The smallest absolute Gasteiger partial charge is 0.432 e. The van der Waals surface area contributed by atoms with E-state index in [9.17, 15) is 4.79 Å². The molecule has 0 atom stereocenters. The van der Waals surface area contributed by atoms with Crippen LogP contribution in [0.3, 0.4) is 0 Å². The first kappa shape index (κ1) is 12.3. The molecule has 86 valence electrons. The first-order valence-corrected chi connectivity index (χ1v) is 5.23. The average molecular weight is 220 g/mol. The first-order chi connectivity index (χ1) is 7.68. The van der Waals surface area contributed by atoms with Crippen LogP contribution in [0.2, 0.25) is 0 Å². The van der Waals surface area contributed by atoms with Crippen molar-refractivity contribution in [1.29, 1.82) is 0 Å². The Hall–Kier alpha value is -1.77. The lowest BCUT2D eigenvalue weighted by Gasteiger charge is -2.06. The van der Waals surface area contributed by atoms with Gasteiger partial charge in [-0.15, -0.1) is 0 Å². The standard InChI is InChI=1S/C13H16O3/c1-11(2)16-13(14)15-10-6-9-12-7-4-3-5-8-12/h3-9,11H,10H2,1-2H3/b9-6+. The Morgan fingerprint density at radius 1 is 1.31 bits per heavy atom. The van der Waals surface area contributed by atoms with Gasteiger partial charge in [-0.3, -0.25) is 0 Å². The van der Waals surface area contributed by atoms with Gasteiger partial charge in [0.2, 0.25) is 0 Å². The third kappa shape index (κ3) is 5.20. The molecule has 0 amide bonds. The second-order valence-corrected chi connectivity index (χ2v) is 3.54. The van der Waals surface area contributed by atoms with Crippen molar-refractivity contribution in [3.05, 3.63) is 42.0 Å². The lowest BCUT2D eigenvalue weighted by molar-refractivity contribution is 0.0415. The topological polar surface area (TPSA) is 35.5 Å². The average Bonchev–Trinajstić information content (AvgIpc) is 2.25. The SMILES string of the molecule is CC(C)OC(=O)OC/C=C/c1ccccc1. The fraction of sp³-hybridized carbons (Fsp3) is 0.308. The molecule has 0 radical (unpaired) electrons. The Bertz CT molecular complexity index is 341. The first-order valence-electron chi connectivity index (χ1n) is 5.23. The van der Waals surface area contributed by atoms with Gasteiger partial charge in [-0.05, 0) is 25.5 Å². The largest absolute Gasteiger partial charge is 0.508 e. The highest BCUT2D eigenvalue weighted by Crippen LogP contribution is 2.01. The van der Waals surface area contributed by atoms with Gasteiger partial charge in [-0.2, -0.15) is 0 Å². The third-order valence-electron chi connectivity index (χ3n) is 1.74. The summed E-state index contributed by atoms with van der Waals surface area (Å²) in [5.41, 5.74) is 1.07. The molecule has 0 bridgehead atoms. The maximum atomic E-state index is 11.0. The number of carbonyl (C=O) groups is 1. The predicted molar refractivity (Wildman–Crippen MR) is 63.0 cm³/mol. The summed E-state index contributed by atoms with van der Waals surface area (Å²) in [4.78, 5) is 11.0. The van der Waals surface area contributed by atoms with E-state index in [1.807, 2.05) is 36.4 Å². The molecule has 16 heavy (non-hydrogen) atoms. The molecule has 0 spiro atoms. The molecule has 0 fully saturated rings. The summed E-state index contributed by atoms with van der Waals surface area (Å²) in [5, 5.41) is 0. The molecule has 3 heteroatoms. The van der Waals surface area contributed by atoms with Gasteiger partial charge in [0, 0.05) is 0 Å². The van der Waals surface area contributed by atoms with E-state index in [0.29, 0.717) is 0 Å². The number of ether oxygens (including phenoxy) is 2. The molecule has 0 saturated heterocycles. The molecule has 0 aliphatic carbocycles. The molecule has 3 nitrogen and oxygen atoms in total. The molecule has 0 saturated carbocycles. The minimum Gasteiger partial charge on any atom is -0.432 e. The number of rotatable bonds is 4. The molecule has 1 aromatic rings. The highest BCUT2D eigenvalue weighted by atomic mass is 16.7. The second-order valence-electron chi connectivity index (χ2n) is 3.54. The normalized spacial score (nSPS) is 10.7. The summed E-state index contributed by atoms with van der Waals surface area (Å²) in [6.07, 6.45) is 2.89. The van der Waals surface area contributed by atoms with Gasteiger partial charge in [0.15, 0.2) is 0 Å². The molecule has 0 unspecified atom stereocenters. The zero-order chi connectivity index (χ0) is 11.8. The predicted octanol–water partition coefficient (Wildman–Crippen LogP) is 3.26. The van der Waals surface area contributed by atoms with Gasteiger partial charge in [0.1, 0.15) is 6.61 Å².